The van der Waals surface area contributed by atoms with Crippen molar-refractivity contribution in [2.24, 2.45) is 5.41 Å². The average Bonchev–Trinajstić information content (AvgIpc) is 3.05. The molecule has 1 aliphatic heterocycles. The van der Waals surface area contributed by atoms with Crippen molar-refractivity contribution in [1.82, 2.24) is 4.90 Å². The first-order valence-corrected chi connectivity index (χ1v) is 8.61. The summed E-state index contributed by atoms with van der Waals surface area (Å²) in [7, 11) is 0. The van der Waals surface area contributed by atoms with E-state index in [-0.39, 0.29) is 23.8 Å². The minimum Gasteiger partial charge on any atom is -0.481 e. The number of carbonyl (C=O) groups is 3. The van der Waals surface area contributed by atoms with Gasteiger partial charge in [0.1, 0.15) is 0 Å². The topological polar surface area (TPSA) is 74.7 Å². The van der Waals surface area contributed by atoms with E-state index in [2.05, 4.69) is 0 Å². The fourth-order valence-electron chi connectivity index (χ4n) is 3.10. The largest absolute Gasteiger partial charge is 0.481 e. The van der Waals surface area contributed by atoms with Crippen molar-refractivity contribution < 1.29 is 19.5 Å². The van der Waals surface area contributed by atoms with Gasteiger partial charge in [0, 0.05) is 29.2 Å². The Hall–Kier alpha value is -2.66. The first-order valence-electron chi connectivity index (χ1n) is 8.24. The predicted octanol–water partition coefficient (Wildman–Crippen LogP) is 3.51. The minimum absolute atomic E-state index is 0.130. The zero-order valence-corrected chi connectivity index (χ0v) is 15.0. The zero-order chi connectivity index (χ0) is 18.9. The lowest BCUT2D eigenvalue weighted by Gasteiger charge is -2.21. The smallest absolute Gasteiger partial charge is 0.311 e. The van der Waals surface area contributed by atoms with Crippen LogP contribution in [0.4, 0.5) is 0 Å². The second kappa shape index (κ2) is 6.92. The molecule has 0 bridgehead atoms. The van der Waals surface area contributed by atoms with E-state index in [0.29, 0.717) is 29.1 Å². The Labute approximate surface area is 156 Å². The van der Waals surface area contributed by atoms with E-state index in [0.717, 1.165) is 0 Å². The molecule has 1 amide bonds. The maximum absolute atomic E-state index is 12.9. The van der Waals surface area contributed by atoms with Crippen LogP contribution >= 0.6 is 11.6 Å². The maximum atomic E-state index is 12.9. The predicted molar refractivity (Wildman–Crippen MR) is 97.6 cm³/mol. The minimum atomic E-state index is -0.954. The number of ketones is 1. The second-order valence-corrected chi connectivity index (χ2v) is 7.16. The van der Waals surface area contributed by atoms with Crippen molar-refractivity contribution in [2.45, 2.75) is 13.3 Å². The molecule has 5 nitrogen and oxygen atoms in total. The molecule has 26 heavy (non-hydrogen) atoms. The number of rotatable bonds is 4. The van der Waals surface area contributed by atoms with Crippen LogP contribution in [0, 0.1) is 5.41 Å². The summed E-state index contributed by atoms with van der Waals surface area (Å²) < 4.78 is 0. The number of aliphatic carboxylic acids is 1. The van der Waals surface area contributed by atoms with Gasteiger partial charge >= 0.3 is 5.97 Å². The summed E-state index contributed by atoms with van der Waals surface area (Å²) >= 11 is 5.86. The van der Waals surface area contributed by atoms with Gasteiger partial charge in [-0.05, 0) is 43.7 Å². The van der Waals surface area contributed by atoms with E-state index >= 15 is 0 Å². The molecule has 2 aromatic rings. The lowest BCUT2D eigenvalue weighted by molar-refractivity contribution is -0.147. The van der Waals surface area contributed by atoms with E-state index < -0.39 is 11.4 Å². The fourth-order valence-corrected chi connectivity index (χ4v) is 3.23. The van der Waals surface area contributed by atoms with Crippen LogP contribution in [0.1, 0.15) is 39.6 Å². The fraction of sp³-hybridized carbons (Fsp3) is 0.250. The van der Waals surface area contributed by atoms with Gasteiger partial charge in [-0.25, -0.2) is 0 Å². The molecule has 2 aromatic carbocycles. The van der Waals surface area contributed by atoms with Crippen molar-refractivity contribution >= 4 is 29.3 Å². The quantitative estimate of drug-likeness (QED) is 0.834. The van der Waals surface area contributed by atoms with E-state index in [9.17, 15) is 19.5 Å². The lowest BCUT2D eigenvalue weighted by Crippen LogP contribution is -2.35. The van der Waals surface area contributed by atoms with Crippen LogP contribution in [0.25, 0.3) is 0 Å². The summed E-state index contributed by atoms with van der Waals surface area (Å²) in [6.07, 6.45) is 0.390. The molecule has 1 aliphatic rings. The molecule has 1 saturated heterocycles. The third-order valence-corrected chi connectivity index (χ3v) is 5.04. The zero-order valence-electron chi connectivity index (χ0n) is 14.2. The summed E-state index contributed by atoms with van der Waals surface area (Å²) in [4.78, 5) is 38.7. The summed E-state index contributed by atoms with van der Waals surface area (Å²) in [5.74, 6) is -1.52. The van der Waals surface area contributed by atoms with Gasteiger partial charge in [0.2, 0.25) is 0 Å². The van der Waals surface area contributed by atoms with Gasteiger partial charge in [0.15, 0.2) is 5.78 Å². The number of nitrogens with zero attached hydrogens (tertiary/aromatic N) is 1. The molecule has 1 fully saturated rings. The summed E-state index contributed by atoms with van der Waals surface area (Å²) in [5.41, 5.74) is 0.0578. The molecule has 6 heteroatoms. The molecule has 3 rings (SSSR count). The summed E-state index contributed by atoms with van der Waals surface area (Å²) in [6.45, 7) is 2.11. The van der Waals surface area contributed by atoms with Crippen molar-refractivity contribution in [3.05, 3.63) is 70.2 Å². The number of hydrogen-bond acceptors (Lipinski definition) is 3. The van der Waals surface area contributed by atoms with Crippen molar-refractivity contribution in [2.75, 3.05) is 13.1 Å². The third kappa shape index (κ3) is 3.35. The SMILES string of the molecule is CC1(C(=O)O)CCN(C(=O)c2ccccc2C(=O)c2ccc(Cl)cc2)C1. The Balaban J connectivity index is 1.90. The molecule has 1 heterocycles. The van der Waals surface area contributed by atoms with Crippen LogP contribution < -0.4 is 0 Å². The van der Waals surface area contributed by atoms with Gasteiger partial charge < -0.3 is 10.0 Å². The van der Waals surface area contributed by atoms with Crippen LogP contribution in [-0.2, 0) is 4.79 Å². The number of halogens is 1. The molecule has 134 valence electrons. The molecule has 1 unspecified atom stereocenters. The number of carbonyl (C=O) groups excluding carboxylic acids is 2. The number of carboxylic acid groups (broad SMARTS) is 1. The van der Waals surface area contributed by atoms with Crippen LogP contribution in [0.15, 0.2) is 48.5 Å². The van der Waals surface area contributed by atoms with E-state index in [1.807, 2.05) is 0 Å². The third-order valence-electron chi connectivity index (χ3n) is 4.79. The average molecular weight is 372 g/mol. The highest BCUT2D eigenvalue weighted by molar-refractivity contribution is 6.30. The van der Waals surface area contributed by atoms with E-state index in [4.69, 9.17) is 11.6 Å². The molecular formula is C20H18ClNO4. The maximum Gasteiger partial charge on any atom is 0.311 e. The molecule has 0 radical (unpaired) electrons. The van der Waals surface area contributed by atoms with Gasteiger partial charge in [-0.3, -0.25) is 14.4 Å². The van der Waals surface area contributed by atoms with E-state index in [1.165, 1.54) is 4.90 Å². The number of benzene rings is 2. The number of likely N-dealkylation sites (tertiary alicyclic amines) is 1. The first kappa shape index (κ1) is 18.1. The number of carboxylic acids is 1. The second-order valence-electron chi connectivity index (χ2n) is 6.72. The van der Waals surface area contributed by atoms with Gasteiger partial charge in [0.05, 0.1) is 11.0 Å². The summed E-state index contributed by atoms with van der Waals surface area (Å²) in [5, 5.41) is 9.88. The first-order chi connectivity index (χ1) is 12.3. The normalized spacial score (nSPS) is 19.4. The van der Waals surface area contributed by atoms with Gasteiger partial charge in [-0.15, -0.1) is 0 Å². The van der Waals surface area contributed by atoms with Gasteiger partial charge in [-0.2, -0.15) is 0 Å². The molecule has 0 spiro atoms. The monoisotopic (exact) mass is 371 g/mol. The molecular weight excluding hydrogens is 354 g/mol. The lowest BCUT2D eigenvalue weighted by atomic mass is 9.90. The van der Waals surface area contributed by atoms with Crippen molar-refractivity contribution in [3.63, 3.8) is 0 Å². The summed E-state index contributed by atoms with van der Waals surface area (Å²) in [6, 6.07) is 13.1. The Morgan fingerprint density at radius 1 is 1.04 bits per heavy atom. The highest BCUT2D eigenvalue weighted by atomic mass is 35.5. The Bertz CT molecular complexity index is 878. The Morgan fingerprint density at radius 3 is 2.23 bits per heavy atom. The van der Waals surface area contributed by atoms with Gasteiger partial charge in [-0.1, -0.05) is 29.8 Å². The molecule has 1 atom stereocenters. The standard InChI is InChI=1S/C20H18ClNO4/c1-20(19(25)26)10-11-22(12-20)18(24)16-5-3-2-4-15(16)17(23)13-6-8-14(21)9-7-13/h2-9H,10-12H2,1H3,(H,25,26). The molecule has 0 saturated carbocycles. The van der Waals surface area contributed by atoms with Crippen LogP contribution in [0.3, 0.4) is 0 Å². The number of hydrogen-bond donors (Lipinski definition) is 1. The van der Waals surface area contributed by atoms with Crippen LogP contribution in [0.5, 0.6) is 0 Å². The van der Waals surface area contributed by atoms with Gasteiger partial charge in [0.25, 0.3) is 5.91 Å². The van der Waals surface area contributed by atoms with Crippen molar-refractivity contribution in [1.29, 1.82) is 0 Å². The highest BCUT2D eigenvalue weighted by Gasteiger charge is 2.42. The molecule has 0 aromatic heterocycles. The Morgan fingerprint density at radius 2 is 1.65 bits per heavy atom. The Kier molecular flexibility index (Phi) is 4.83. The number of amides is 1. The highest BCUT2D eigenvalue weighted by Crippen LogP contribution is 2.31. The van der Waals surface area contributed by atoms with E-state index in [1.54, 1.807) is 55.5 Å². The van der Waals surface area contributed by atoms with Crippen molar-refractivity contribution in [3.8, 4) is 0 Å². The van der Waals surface area contributed by atoms with Crippen LogP contribution in [-0.4, -0.2) is 40.8 Å². The molecule has 1 N–H and O–H groups in total. The van der Waals surface area contributed by atoms with Crippen LogP contribution in [0.2, 0.25) is 5.02 Å². The molecule has 0 aliphatic carbocycles.